The van der Waals surface area contributed by atoms with E-state index in [0.717, 1.165) is 53.3 Å². The van der Waals surface area contributed by atoms with Crippen LogP contribution >= 0.6 is 0 Å². The van der Waals surface area contributed by atoms with Crippen molar-refractivity contribution in [3.63, 3.8) is 0 Å². The van der Waals surface area contributed by atoms with Gasteiger partial charge in [-0.05, 0) is 111 Å². The highest BCUT2D eigenvalue weighted by Gasteiger charge is 2.80. The van der Waals surface area contributed by atoms with Crippen LogP contribution in [0.5, 0.6) is 0 Å². The molecule has 112 valence electrons. The molecule has 5 unspecified atom stereocenters. The Morgan fingerprint density at radius 3 is 2.05 bits per heavy atom. The van der Waals surface area contributed by atoms with Crippen LogP contribution in [0.3, 0.4) is 0 Å². The minimum atomic E-state index is 0.150. The van der Waals surface area contributed by atoms with Crippen LogP contribution < -0.4 is 0 Å². The summed E-state index contributed by atoms with van der Waals surface area (Å²) >= 11 is 0. The van der Waals surface area contributed by atoms with Gasteiger partial charge in [0.1, 0.15) is 5.78 Å². The Morgan fingerprint density at radius 1 is 0.810 bits per heavy atom. The molecule has 10 aliphatic rings. The SMILES string of the molecule is CC(=O)C12C[C@@H]3C4CC5[C@H]6CC7C[C@@H]5[C@@H]3C(C7)(C1)[C@H]6[C@H]4C2. The molecule has 0 N–H and O–H groups in total. The van der Waals surface area contributed by atoms with Crippen molar-refractivity contribution in [2.45, 2.75) is 51.9 Å². The number of ketones is 1. The zero-order valence-corrected chi connectivity index (χ0v) is 13.1. The summed E-state index contributed by atoms with van der Waals surface area (Å²) in [7, 11) is 0. The summed E-state index contributed by atoms with van der Waals surface area (Å²) in [6, 6.07) is 0. The summed E-state index contributed by atoms with van der Waals surface area (Å²) in [5.41, 5.74) is 0.818. The number of carbonyl (C=O) groups is 1. The molecule has 0 heterocycles. The Hall–Kier alpha value is -0.330. The van der Waals surface area contributed by atoms with Crippen LogP contribution in [0, 0.1) is 64.1 Å². The Balaban J connectivity index is 1.51. The van der Waals surface area contributed by atoms with E-state index in [2.05, 4.69) is 0 Å². The normalized spacial score (nSPS) is 73.7. The summed E-state index contributed by atoms with van der Waals surface area (Å²) < 4.78 is 0. The van der Waals surface area contributed by atoms with E-state index in [0.29, 0.717) is 11.2 Å². The third-order valence-corrected chi connectivity index (χ3v) is 10.5. The van der Waals surface area contributed by atoms with E-state index in [1.165, 1.54) is 25.7 Å². The molecule has 10 aliphatic carbocycles. The molecule has 0 aromatic heterocycles. The van der Waals surface area contributed by atoms with Gasteiger partial charge in [-0.2, -0.15) is 0 Å². The summed E-state index contributed by atoms with van der Waals surface area (Å²) in [6.45, 7) is 1.93. The predicted molar refractivity (Wildman–Crippen MR) is 79.3 cm³/mol. The molecule has 0 saturated heterocycles. The van der Waals surface area contributed by atoms with Gasteiger partial charge >= 0.3 is 0 Å². The monoisotopic (exact) mass is 282 g/mol. The summed E-state index contributed by atoms with van der Waals surface area (Å²) in [5, 5.41) is 0. The van der Waals surface area contributed by atoms with Gasteiger partial charge in [0, 0.05) is 5.41 Å². The van der Waals surface area contributed by atoms with Gasteiger partial charge in [-0.3, -0.25) is 4.79 Å². The van der Waals surface area contributed by atoms with Crippen molar-refractivity contribution in [1.82, 2.24) is 0 Å². The summed E-state index contributed by atoms with van der Waals surface area (Å²) in [5.74, 6) is 10.1. The van der Waals surface area contributed by atoms with Crippen LogP contribution in [-0.4, -0.2) is 5.78 Å². The minimum Gasteiger partial charge on any atom is -0.299 e. The molecule has 1 spiro atoms. The van der Waals surface area contributed by atoms with E-state index in [4.69, 9.17) is 0 Å². The molecular formula is C20H26O. The second-order valence-electron chi connectivity index (χ2n) is 10.5. The van der Waals surface area contributed by atoms with E-state index in [1.807, 2.05) is 6.92 Å². The van der Waals surface area contributed by atoms with Crippen molar-refractivity contribution < 1.29 is 4.79 Å². The molecule has 10 fully saturated rings. The average molecular weight is 282 g/mol. The molecule has 0 aromatic carbocycles. The second-order valence-corrected chi connectivity index (χ2v) is 10.5. The molecule has 21 heavy (non-hydrogen) atoms. The smallest absolute Gasteiger partial charge is 0.136 e. The second kappa shape index (κ2) is 2.89. The van der Waals surface area contributed by atoms with Crippen molar-refractivity contribution in [3.8, 4) is 0 Å². The maximum atomic E-state index is 12.6. The summed E-state index contributed by atoms with van der Waals surface area (Å²) in [6.07, 6.45) is 10.2. The van der Waals surface area contributed by atoms with Gasteiger partial charge in [-0.1, -0.05) is 0 Å². The van der Waals surface area contributed by atoms with Crippen molar-refractivity contribution in [2.75, 3.05) is 0 Å². The highest BCUT2D eigenvalue weighted by atomic mass is 16.1. The Morgan fingerprint density at radius 2 is 1.43 bits per heavy atom. The van der Waals surface area contributed by atoms with Crippen LogP contribution in [-0.2, 0) is 4.79 Å². The predicted octanol–water partition coefficient (Wildman–Crippen LogP) is 3.92. The molecule has 10 saturated carbocycles. The van der Waals surface area contributed by atoms with E-state index in [1.54, 1.807) is 19.3 Å². The first-order valence-electron chi connectivity index (χ1n) is 9.64. The molecule has 11 bridgehead atoms. The lowest BCUT2D eigenvalue weighted by Gasteiger charge is -2.84. The van der Waals surface area contributed by atoms with Crippen LogP contribution in [0.15, 0.2) is 0 Å². The zero-order chi connectivity index (χ0) is 13.7. The highest BCUT2D eigenvalue weighted by Crippen LogP contribution is 2.86. The number of carbonyl (C=O) groups excluding carboxylic acids is 1. The van der Waals surface area contributed by atoms with Crippen LogP contribution in [0.4, 0.5) is 0 Å². The van der Waals surface area contributed by atoms with Gasteiger partial charge in [-0.15, -0.1) is 0 Å². The standard InChI is InChI=1S/C20H26O/c1-9(21)19-6-15-12-4-11-13-2-10-3-14(11)18(16(12)7-19)20(5-10,8-19)17(13)15/h10-18H,2-8H2,1H3/t10?,11?,12?,13-,14+,15+,16-,17-,18+,19?,20?. The quantitative estimate of drug-likeness (QED) is 0.712. The molecule has 0 radical (unpaired) electrons. The lowest BCUT2D eigenvalue weighted by molar-refractivity contribution is -0.357. The van der Waals surface area contributed by atoms with Crippen molar-refractivity contribution in [1.29, 1.82) is 0 Å². The maximum Gasteiger partial charge on any atom is 0.136 e. The first kappa shape index (κ1) is 11.2. The maximum absolute atomic E-state index is 12.6. The Bertz CT molecular complexity index is 559. The van der Waals surface area contributed by atoms with Gasteiger partial charge in [-0.25, -0.2) is 0 Å². The lowest BCUT2D eigenvalue weighted by Crippen LogP contribution is -2.79. The molecular weight excluding hydrogens is 256 g/mol. The molecule has 0 amide bonds. The lowest BCUT2D eigenvalue weighted by atomic mass is 9.20. The fourth-order valence-electron chi connectivity index (χ4n) is 10.8. The molecule has 0 aliphatic heterocycles. The number of rotatable bonds is 1. The van der Waals surface area contributed by atoms with E-state index < -0.39 is 0 Å². The van der Waals surface area contributed by atoms with E-state index >= 15 is 0 Å². The van der Waals surface area contributed by atoms with Crippen LogP contribution in [0.2, 0.25) is 0 Å². The van der Waals surface area contributed by atoms with Crippen LogP contribution in [0.25, 0.3) is 0 Å². The van der Waals surface area contributed by atoms with Crippen molar-refractivity contribution in [2.24, 2.45) is 64.1 Å². The number of Topliss-reactive ketones (excluding diaryl/α,β-unsaturated/α-hetero) is 1. The number of hydrogen-bond donors (Lipinski definition) is 0. The molecule has 10 rings (SSSR count). The molecule has 1 nitrogen and oxygen atoms in total. The van der Waals surface area contributed by atoms with E-state index in [-0.39, 0.29) is 5.41 Å². The fourth-order valence-corrected chi connectivity index (χ4v) is 10.8. The van der Waals surface area contributed by atoms with Gasteiger partial charge in [0.05, 0.1) is 0 Å². The summed E-state index contributed by atoms with van der Waals surface area (Å²) in [4.78, 5) is 12.6. The molecule has 0 aromatic rings. The third-order valence-electron chi connectivity index (χ3n) is 10.5. The Labute approximate surface area is 127 Å². The molecule has 11 atom stereocenters. The number of hydrogen-bond acceptors (Lipinski definition) is 1. The van der Waals surface area contributed by atoms with Crippen molar-refractivity contribution in [3.05, 3.63) is 0 Å². The van der Waals surface area contributed by atoms with Gasteiger partial charge < -0.3 is 0 Å². The molecule has 1 heteroatoms. The van der Waals surface area contributed by atoms with Gasteiger partial charge in [0.2, 0.25) is 0 Å². The zero-order valence-electron chi connectivity index (χ0n) is 13.1. The highest BCUT2D eigenvalue weighted by molar-refractivity contribution is 5.83. The average Bonchev–Trinajstić information content (AvgIpc) is 2.44. The van der Waals surface area contributed by atoms with Gasteiger partial charge in [0.25, 0.3) is 0 Å². The largest absolute Gasteiger partial charge is 0.299 e. The first-order valence-corrected chi connectivity index (χ1v) is 9.64. The third kappa shape index (κ3) is 0.899. The minimum absolute atomic E-state index is 0.150. The van der Waals surface area contributed by atoms with Gasteiger partial charge in [0.15, 0.2) is 0 Å². The van der Waals surface area contributed by atoms with E-state index in [9.17, 15) is 4.79 Å². The fraction of sp³-hybridized carbons (Fsp3) is 0.950. The van der Waals surface area contributed by atoms with Crippen LogP contribution in [0.1, 0.15) is 51.9 Å². The Kier molecular flexibility index (Phi) is 1.55. The van der Waals surface area contributed by atoms with Crippen molar-refractivity contribution >= 4 is 5.78 Å². The topological polar surface area (TPSA) is 17.1 Å². The first-order chi connectivity index (χ1) is 10.1.